The predicted molar refractivity (Wildman–Crippen MR) is 95.1 cm³/mol. The molecule has 1 aromatic rings. The minimum absolute atomic E-state index is 0.198. The highest BCUT2D eigenvalue weighted by Crippen LogP contribution is 2.65. The molecule has 5 rings (SSSR count). The number of carbonyl (C=O) groups is 1. The fourth-order valence-electron chi connectivity index (χ4n) is 6.17. The number of pyridine rings is 1. The Morgan fingerprint density at radius 2 is 2.12 bits per heavy atom. The lowest BCUT2D eigenvalue weighted by Gasteiger charge is -2.60. The van der Waals surface area contributed by atoms with Crippen molar-refractivity contribution < 1.29 is 9.53 Å². The van der Waals surface area contributed by atoms with Crippen molar-refractivity contribution in [3.63, 3.8) is 0 Å². The molecule has 1 spiro atoms. The molecule has 0 bridgehead atoms. The summed E-state index contributed by atoms with van der Waals surface area (Å²) >= 11 is 0. The van der Waals surface area contributed by atoms with E-state index in [1.54, 1.807) is 6.20 Å². The molecule has 4 aliphatic rings. The highest BCUT2D eigenvalue weighted by molar-refractivity contribution is 5.89. The summed E-state index contributed by atoms with van der Waals surface area (Å²) in [5.74, 6) is 0.227. The van der Waals surface area contributed by atoms with Gasteiger partial charge in [-0.15, -0.1) is 0 Å². The van der Waals surface area contributed by atoms with Crippen LogP contribution in [0.4, 0.5) is 0 Å². The summed E-state index contributed by atoms with van der Waals surface area (Å²) in [7, 11) is 0. The van der Waals surface area contributed by atoms with Crippen molar-refractivity contribution in [1.82, 2.24) is 10.3 Å². The first-order valence-corrected chi connectivity index (χ1v) is 9.97. The first-order valence-electron chi connectivity index (χ1n) is 9.97. The van der Waals surface area contributed by atoms with Gasteiger partial charge in [-0.2, -0.15) is 0 Å². The Bertz CT molecular complexity index is 650. The lowest BCUT2D eigenvalue weighted by molar-refractivity contribution is -0.143. The van der Waals surface area contributed by atoms with E-state index in [0.717, 1.165) is 44.4 Å². The SMILES string of the molecule is O=C(NC[C@]12CCC[C@H]1OCC2)C1(c2cccnc2)CC2(CCC2)C1. The van der Waals surface area contributed by atoms with Crippen molar-refractivity contribution in [2.24, 2.45) is 10.8 Å². The van der Waals surface area contributed by atoms with Gasteiger partial charge >= 0.3 is 0 Å². The smallest absolute Gasteiger partial charge is 0.230 e. The molecule has 4 heteroatoms. The lowest BCUT2D eigenvalue weighted by atomic mass is 9.43. The monoisotopic (exact) mass is 340 g/mol. The third kappa shape index (κ3) is 2.29. The molecule has 1 amide bonds. The number of fused-ring (bicyclic) bond motifs is 1. The van der Waals surface area contributed by atoms with E-state index in [4.69, 9.17) is 4.74 Å². The average Bonchev–Trinajstić information content (AvgIpc) is 3.11. The van der Waals surface area contributed by atoms with Crippen LogP contribution < -0.4 is 5.32 Å². The van der Waals surface area contributed by atoms with Crippen LogP contribution in [0.3, 0.4) is 0 Å². The maximum atomic E-state index is 13.3. The van der Waals surface area contributed by atoms with Gasteiger partial charge in [0.15, 0.2) is 0 Å². The Balaban J connectivity index is 1.34. The van der Waals surface area contributed by atoms with Gasteiger partial charge in [0.2, 0.25) is 5.91 Å². The number of hydrogen-bond acceptors (Lipinski definition) is 3. The van der Waals surface area contributed by atoms with Gasteiger partial charge in [0, 0.05) is 31.0 Å². The molecule has 0 radical (unpaired) electrons. The van der Waals surface area contributed by atoms with Gasteiger partial charge < -0.3 is 10.1 Å². The van der Waals surface area contributed by atoms with Gasteiger partial charge in [0.25, 0.3) is 0 Å². The molecule has 1 saturated heterocycles. The highest BCUT2D eigenvalue weighted by atomic mass is 16.5. The second kappa shape index (κ2) is 5.54. The summed E-state index contributed by atoms with van der Waals surface area (Å²) in [6, 6.07) is 4.06. The second-order valence-corrected chi connectivity index (χ2v) is 9.08. The quantitative estimate of drug-likeness (QED) is 0.914. The third-order valence-corrected chi connectivity index (χ3v) is 7.76. The van der Waals surface area contributed by atoms with Crippen molar-refractivity contribution in [2.45, 2.75) is 69.3 Å². The fourth-order valence-corrected chi connectivity index (χ4v) is 6.17. The Labute approximate surface area is 149 Å². The van der Waals surface area contributed by atoms with Crippen molar-refractivity contribution in [2.75, 3.05) is 13.2 Å². The molecule has 1 N–H and O–H groups in total. The molecule has 3 saturated carbocycles. The zero-order chi connectivity index (χ0) is 17.0. The summed E-state index contributed by atoms with van der Waals surface area (Å²) < 4.78 is 5.92. The molecule has 2 heterocycles. The van der Waals surface area contributed by atoms with E-state index in [9.17, 15) is 4.79 Å². The van der Waals surface area contributed by atoms with E-state index in [1.807, 2.05) is 12.3 Å². The van der Waals surface area contributed by atoms with Gasteiger partial charge in [-0.05, 0) is 62.0 Å². The Hall–Kier alpha value is -1.42. The van der Waals surface area contributed by atoms with Gasteiger partial charge in [0.1, 0.15) is 0 Å². The number of rotatable bonds is 4. The van der Waals surface area contributed by atoms with E-state index in [0.29, 0.717) is 11.5 Å². The minimum atomic E-state index is -0.348. The van der Waals surface area contributed by atoms with Crippen LogP contribution >= 0.6 is 0 Å². The Kier molecular flexibility index (Phi) is 3.50. The number of carbonyl (C=O) groups excluding carboxylic acids is 1. The summed E-state index contributed by atoms with van der Waals surface area (Å²) in [5, 5.41) is 3.37. The van der Waals surface area contributed by atoms with Crippen molar-refractivity contribution in [1.29, 1.82) is 0 Å². The fraction of sp³-hybridized carbons (Fsp3) is 0.714. The number of nitrogens with one attached hydrogen (secondary N) is 1. The number of hydrogen-bond donors (Lipinski definition) is 1. The Morgan fingerprint density at radius 3 is 2.84 bits per heavy atom. The first-order chi connectivity index (χ1) is 12.2. The van der Waals surface area contributed by atoms with Crippen LogP contribution in [-0.4, -0.2) is 30.1 Å². The van der Waals surface area contributed by atoms with E-state index >= 15 is 0 Å². The van der Waals surface area contributed by atoms with Crippen molar-refractivity contribution >= 4 is 5.91 Å². The molecule has 0 aromatic carbocycles. The summed E-state index contributed by atoms with van der Waals surface area (Å²) in [5.41, 5.74) is 1.40. The summed E-state index contributed by atoms with van der Waals surface area (Å²) in [4.78, 5) is 17.6. The maximum absolute atomic E-state index is 13.3. The van der Waals surface area contributed by atoms with Crippen LogP contribution in [0.15, 0.2) is 24.5 Å². The standard InChI is InChI=1S/C21H28N2O2/c24-18(23-15-20-8-1-5-17(20)25-11-9-20)21(16-4-2-10-22-12-16)13-19(14-21)6-3-7-19/h2,4,10,12,17H,1,3,5-9,11,13-15H2,(H,23,24)/t17-,20-/m1/s1. The topological polar surface area (TPSA) is 51.2 Å². The van der Waals surface area contributed by atoms with Gasteiger partial charge in [-0.1, -0.05) is 18.9 Å². The second-order valence-electron chi connectivity index (χ2n) is 9.08. The number of aromatic nitrogens is 1. The van der Waals surface area contributed by atoms with Crippen LogP contribution in [0.2, 0.25) is 0 Å². The van der Waals surface area contributed by atoms with Crippen LogP contribution in [0.25, 0.3) is 0 Å². The molecule has 134 valence electrons. The molecule has 4 nitrogen and oxygen atoms in total. The molecular formula is C21H28N2O2. The van der Waals surface area contributed by atoms with E-state index < -0.39 is 0 Å². The molecule has 2 atom stereocenters. The number of ether oxygens (including phenoxy) is 1. The first kappa shape index (κ1) is 15.8. The van der Waals surface area contributed by atoms with Crippen LogP contribution in [-0.2, 0) is 14.9 Å². The minimum Gasteiger partial charge on any atom is -0.378 e. The molecule has 4 fully saturated rings. The molecule has 1 aliphatic heterocycles. The van der Waals surface area contributed by atoms with Crippen LogP contribution in [0.1, 0.15) is 63.4 Å². The normalized spacial score (nSPS) is 34.2. The van der Waals surface area contributed by atoms with Gasteiger partial charge in [-0.25, -0.2) is 0 Å². The number of nitrogens with zero attached hydrogens (tertiary/aromatic N) is 1. The maximum Gasteiger partial charge on any atom is 0.230 e. The zero-order valence-corrected chi connectivity index (χ0v) is 14.9. The van der Waals surface area contributed by atoms with Crippen LogP contribution in [0.5, 0.6) is 0 Å². The molecule has 3 aliphatic carbocycles. The van der Waals surface area contributed by atoms with Crippen molar-refractivity contribution in [3.8, 4) is 0 Å². The van der Waals surface area contributed by atoms with Crippen molar-refractivity contribution in [3.05, 3.63) is 30.1 Å². The summed E-state index contributed by atoms with van der Waals surface area (Å²) in [6.07, 6.45) is 14.7. The molecule has 25 heavy (non-hydrogen) atoms. The third-order valence-electron chi connectivity index (χ3n) is 7.76. The van der Waals surface area contributed by atoms with Gasteiger partial charge in [-0.3, -0.25) is 9.78 Å². The zero-order valence-electron chi connectivity index (χ0n) is 14.9. The average molecular weight is 340 g/mol. The predicted octanol–water partition coefficient (Wildman–Crippen LogP) is 3.36. The van der Waals surface area contributed by atoms with E-state index in [-0.39, 0.29) is 16.7 Å². The number of amides is 1. The molecular weight excluding hydrogens is 312 g/mol. The lowest BCUT2D eigenvalue weighted by Crippen LogP contribution is -2.61. The molecule has 0 unspecified atom stereocenters. The van der Waals surface area contributed by atoms with E-state index in [2.05, 4.69) is 16.4 Å². The highest BCUT2D eigenvalue weighted by Gasteiger charge is 2.61. The van der Waals surface area contributed by atoms with Gasteiger partial charge in [0.05, 0.1) is 11.5 Å². The van der Waals surface area contributed by atoms with E-state index in [1.165, 1.54) is 32.1 Å². The largest absolute Gasteiger partial charge is 0.378 e. The Morgan fingerprint density at radius 1 is 1.24 bits per heavy atom. The molecule has 1 aromatic heterocycles. The van der Waals surface area contributed by atoms with Crippen LogP contribution in [0, 0.1) is 10.8 Å². The summed E-state index contributed by atoms with van der Waals surface area (Å²) in [6.45, 7) is 1.64.